The number of benzene rings is 4. The molecule has 0 bridgehead atoms. The lowest BCUT2D eigenvalue weighted by molar-refractivity contribution is -0.384. The minimum Gasteiger partial charge on any atom is -0.456 e. The van der Waals surface area contributed by atoms with E-state index in [1.54, 1.807) is 29.2 Å². The number of para-hydroxylation sites is 1. The number of anilines is 2. The highest BCUT2D eigenvalue weighted by atomic mass is 35.5. The van der Waals surface area contributed by atoms with Gasteiger partial charge in [0.1, 0.15) is 17.2 Å². The highest BCUT2D eigenvalue weighted by Gasteiger charge is 2.29. The molecule has 0 spiro atoms. The van der Waals surface area contributed by atoms with Crippen molar-refractivity contribution in [3.63, 3.8) is 0 Å². The van der Waals surface area contributed by atoms with Crippen LogP contribution in [0.15, 0.2) is 94.7 Å². The van der Waals surface area contributed by atoms with E-state index in [1.165, 1.54) is 59.5 Å². The van der Waals surface area contributed by atoms with Crippen molar-refractivity contribution in [2.24, 2.45) is 0 Å². The maximum Gasteiger partial charge on any atom is 0.293 e. The topological polar surface area (TPSA) is 156 Å². The fourth-order valence-corrected chi connectivity index (χ4v) is 6.86. The molecule has 1 saturated heterocycles. The number of halogens is 2. The van der Waals surface area contributed by atoms with Gasteiger partial charge in [0.15, 0.2) is 9.84 Å². The first-order valence-electron chi connectivity index (χ1n) is 13.6. The van der Waals surface area contributed by atoms with Gasteiger partial charge in [-0.1, -0.05) is 35.3 Å². The van der Waals surface area contributed by atoms with Gasteiger partial charge in [-0.3, -0.25) is 19.6 Å². The van der Waals surface area contributed by atoms with E-state index in [0.29, 0.717) is 16.5 Å². The number of piperazine rings is 1. The van der Waals surface area contributed by atoms with Crippen LogP contribution in [0.25, 0.3) is 0 Å². The van der Waals surface area contributed by atoms with Gasteiger partial charge in [0.25, 0.3) is 21.6 Å². The van der Waals surface area contributed by atoms with Gasteiger partial charge < -0.3 is 14.5 Å². The zero-order chi connectivity index (χ0) is 33.2. The van der Waals surface area contributed by atoms with Crippen LogP contribution in [0.5, 0.6) is 11.5 Å². The van der Waals surface area contributed by atoms with Crippen molar-refractivity contribution in [1.29, 1.82) is 0 Å². The normalized spacial score (nSPS) is 13.7. The highest BCUT2D eigenvalue weighted by molar-refractivity contribution is 7.92. The summed E-state index contributed by atoms with van der Waals surface area (Å²) in [4.78, 5) is 27.6. The van der Waals surface area contributed by atoms with E-state index in [9.17, 15) is 31.7 Å². The Morgan fingerprint density at radius 3 is 2.15 bits per heavy atom. The Bertz CT molecular complexity index is 2030. The molecule has 1 aliphatic heterocycles. The van der Waals surface area contributed by atoms with Crippen LogP contribution in [0.3, 0.4) is 0 Å². The summed E-state index contributed by atoms with van der Waals surface area (Å²) in [6.45, 7) is 0.703. The number of ether oxygens (including phenoxy) is 1. The lowest BCUT2D eigenvalue weighted by Crippen LogP contribution is -2.49. The van der Waals surface area contributed by atoms with Crippen molar-refractivity contribution in [2.75, 3.05) is 42.1 Å². The second-order valence-corrected chi connectivity index (χ2v) is 14.8. The van der Waals surface area contributed by atoms with Crippen LogP contribution in [-0.4, -0.2) is 65.0 Å². The summed E-state index contributed by atoms with van der Waals surface area (Å²) < 4.78 is 58.6. The SMILES string of the molecule is CS(=O)(=O)c1ccc(N2CCN(C(=O)c3cc(Cl)ccc3NS(=O)(=O)c3ccc(Oc4ccccc4Cl)cc3)CC2)c([N+](=O)[O-])c1. The standard InChI is InChI=1S/C30H26Cl2N4O8S2/c1-45(40,41)23-11-13-27(28(19-23)36(38)39)34-14-16-35(17-15-34)30(37)24-18-20(31)6-12-26(24)33-46(42,43)22-9-7-21(8-10-22)44-29-5-3-2-4-25(29)32/h2-13,18-19,33H,14-17H2,1H3. The van der Waals surface area contributed by atoms with Crippen molar-refractivity contribution < 1.29 is 31.3 Å². The van der Waals surface area contributed by atoms with Crippen LogP contribution in [0.1, 0.15) is 10.4 Å². The molecule has 240 valence electrons. The number of hydrogen-bond donors (Lipinski definition) is 1. The lowest BCUT2D eigenvalue weighted by atomic mass is 10.1. The van der Waals surface area contributed by atoms with Crippen molar-refractivity contribution in [3.05, 3.63) is 111 Å². The quantitative estimate of drug-likeness (QED) is 0.166. The predicted octanol–water partition coefficient (Wildman–Crippen LogP) is 5.86. The Morgan fingerprint density at radius 1 is 0.870 bits per heavy atom. The number of nitro groups is 1. The average molecular weight is 706 g/mol. The molecule has 5 rings (SSSR count). The third-order valence-electron chi connectivity index (χ3n) is 7.13. The Balaban J connectivity index is 1.31. The Morgan fingerprint density at radius 2 is 1.52 bits per heavy atom. The van der Waals surface area contributed by atoms with Gasteiger partial charge in [0.05, 0.1) is 31.0 Å². The molecule has 0 aromatic heterocycles. The zero-order valence-electron chi connectivity index (χ0n) is 24.1. The van der Waals surface area contributed by atoms with Crippen LogP contribution in [0, 0.1) is 10.1 Å². The van der Waals surface area contributed by atoms with Crippen LogP contribution < -0.4 is 14.4 Å². The number of nitro benzene ring substituents is 1. The number of nitrogens with zero attached hydrogens (tertiary/aromatic N) is 3. The smallest absolute Gasteiger partial charge is 0.293 e. The minimum absolute atomic E-state index is 0.0141. The Hall–Kier alpha value is -4.37. The predicted molar refractivity (Wildman–Crippen MR) is 175 cm³/mol. The molecule has 46 heavy (non-hydrogen) atoms. The molecular weight excluding hydrogens is 679 g/mol. The summed E-state index contributed by atoms with van der Waals surface area (Å²) in [5, 5.41) is 12.3. The van der Waals surface area contributed by atoms with Crippen molar-refractivity contribution in [3.8, 4) is 11.5 Å². The molecule has 4 aromatic rings. The van der Waals surface area contributed by atoms with Gasteiger partial charge in [-0.2, -0.15) is 0 Å². The molecule has 1 fully saturated rings. The summed E-state index contributed by atoms with van der Waals surface area (Å²) >= 11 is 12.3. The number of nitrogens with one attached hydrogen (secondary N) is 1. The van der Waals surface area contributed by atoms with Crippen molar-refractivity contribution >= 4 is 66.0 Å². The fourth-order valence-electron chi connectivity index (χ4n) is 4.80. The number of amides is 1. The van der Waals surface area contributed by atoms with Crippen LogP contribution in [0.2, 0.25) is 10.0 Å². The van der Waals surface area contributed by atoms with E-state index in [-0.39, 0.29) is 63.6 Å². The van der Waals surface area contributed by atoms with E-state index in [0.717, 1.165) is 12.3 Å². The minimum atomic E-state index is -4.14. The molecule has 1 heterocycles. The van der Waals surface area contributed by atoms with E-state index < -0.39 is 30.7 Å². The molecule has 4 aromatic carbocycles. The highest BCUT2D eigenvalue weighted by Crippen LogP contribution is 2.33. The molecular formula is C30H26Cl2N4O8S2. The monoisotopic (exact) mass is 704 g/mol. The number of carbonyl (C=O) groups excluding carboxylic acids is 1. The summed E-state index contributed by atoms with van der Waals surface area (Å²) in [5.74, 6) is 0.279. The lowest BCUT2D eigenvalue weighted by Gasteiger charge is -2.36. The summed E-state index contributed by atoms with van der Waals surface area (Å²) in [5.41, 5.74) is -0.103. The van der Waals surface area contributed by atoms with E-state index in [1.807, 2.05) is 0 Å². The fraction of sp³-hybridized carbons (Fsp3) is 0.167. The summed E-state index contributed by atoms with van der Waals surface area (Å²) in [7, 11) is -7.80. The molecule has 1 amide bonds. The van der Waals surface area contributed by atoms with E-state index in [2.05, 4.69) is 4.72 Å². The maximum atomic E-state index is 13.6. The second-order valence-electron chi connectivity index (χ2n) is 10.3. The van der Waals surface area contributed by atoms with Gasteiger partial charge >= 0.3 is 0 Å². The molecule has 12 nitrogen and oxygen atoms in total. The van der Waals surface area contributed by atoms with Gasteiger partial charge in [0.2, 0.25) is 0 Å². The number of rotatable bonds is 9. The molecule has 0 atom stereocenters. The number of sulfone groups is 1. The second kappa shape index (κ2) is 13.2. The van der Waals surface area contributed by atoms with Crippen LogP contribution in [0.4, 0.5) is 17.1 Å². The van der Waals surface area contributed by atoms with Crippen LogP contribution in [-0.2, 0) is 19.9 Å². The summed E-state index contributed by atoms with van der Waals surface area (Å²) in [6, 6.07) is 20.4. The molecule has 1 aliphatic rings. The van der Waals surface area contributed by atoms with Gasteiger partial charge in [-0.25, -0.2) is 16.8 Å². The molecule has 1 N–H and O–H groups in total. The van der Waals surface area contributed by atoms with Crippen molar-refractivity contribution in [2.45, 2.75) is 9.79 Å². The Labute approximate surface area is 275 Å². The molecule has 0 radical (unpaired) electrons. The largest absolute Gasteiger partial charge is 0.456 e. The van der Waals surface area contributed by atoms with E-state index >= 15 is 0 Å². The number of hydrogen-bond acceptors (Lipinski definition) is 9. The van der Waals surface area contributed by atoms with Crippen molar-refractivity contribution in [1.82, 2.24) is 4.90 Å². The van der Waals surface area contributed by atoms with Crippen LogP contribution >= 0.6 is 23.2 Å². The zero-order valence-corrected chi connectivity index (χ0v) is 27.2. The third-order valence-corrected chi connectivity index (χ3v) is 10.2. The van der Waals surface area contributed by atoms with Gasteiger partial charge in [0, 0.05) is 43.5 Å². The molecule has 16 heteroatoms. The third kappa shape index (κ3) is 7.36. The number of carbonyl (C=O) groups is 1. The van der Waals surface area contributed by atoms with Gasteiger partial charge in [-0.05, 0) is 66.7 Å². The van der Waals surface area contributed by atoms with Gasteiger partial charge in [-0.15, -0.1) is 0 Å². The maximum absolute atomic E-state index is 13.6. The first-order chi connectivity index (χ1) is 21.7. The average Bonchev–Trinajstić information content (AvgIpc) is 3.02. The number of sulfonamides is 1. The Kier molecular flexibility index (Phi) is 9.44. The van der Waals surface area contributed by atoms with E-state index in [4.69, 9.17) is 27.9 Å². The summed E-state index contributed by atoms with van der Waals surface area (Å²) in [6.07, 6.45) is 0.967. The first-order valence-corrected chi connectivity index (χ1v) is 17.7. The molecule has 0 saturated carbocycles. The molecule has 0 unspecified atom stereocenters. The first kappa shape index (κ1) is 33.0. The molecule has 0 aliphatic carbocycles.